The molecule has 0 aromatic heterocycles. The van der Waals surface area contributed by atoms with Crippen molar-refractivity contribution in [1.29, 1.82) is 0 Å². The highest BCUT2D eigenvalue weighted by atomic mass is 16.5. The number of aryl methyl sites for hydroxylation is 1. The minimum absolute atomic E-state index is 0.596. The van der Waals surface area contributed by atoms with Crippen molar-refractivity contribution in [2.75, 3.05) is 26.4 Å². The number of ether oxygens (including phenoxy) is 2. The maximum absolute atomic E-state index is 5.80. The highest BCUT2D eigenvalue weighted by Crippen LogP contribution is 2.17. The zero-order chi connectivity index (χ0) is 16.2. The smallest absolute Gasteiger partial charge is 0.123 e. The first kappa shape index (κ1) is 17.5. The fourth-order valence-electron chi connectivity index (χ4n) is 2.43. The van der Waals surface area contributed by atoms with E-state index >= 15 is 0 Å². The lowest BCUT2D eigenvalue weighted by Gasteiger charge is -2.12. The van der Waals surface area contributed by atoms with Crippen LogP contribution in [0.15, 0.2) is 54.6 Å². The minimum Gasteiger partial charge on any atom is -0.491 e. The van der Waals surface area contributed by atoms with Gasteiger partial charge in [-0.1, -0.05) is 48.5 Å². The summed E-state index contributed by atoms with van der Waals surface area (Å²) in [7, 11) is 0. The summed E-state index contributed by atoms with van der Waals surface area (Å²) in [5.41, 5.74) is 2.60. The fourth-order valence-corrected chi connectivity index (χ4v) is 2.43. The van der Waals surface area contributed by atoms with Crippen LogP contribution in [0.5, 0.6) is 5.75 Å². The van der Waals surface area contributed by atoms with Gasteiger partial charge in [0.05, 0.1) is 6.61 Å². The molecule has 0 bridgehead atoms. The Morgan fingerprint density at radius 3 is 2.52 bits per heavy atom. The molecule has 2 aromatic carbocycles. The molecule has 124 valence electrons. The van der Waals surface area contributed by atoms with E-state index in [0.29, 0.717) is 13.2 Å². The van der Waals surface area contributed by atoms with Gasteiger partial charge in [0.25, 0.3) is 0 Å². The Kier molecular flexibility index (Phi) is 8.23. The van der Waals surface area contributed by atoms with Crippen LogP contribution < -0.4 is 10.1 Å². The van der Waals surface area contributed by atoms with Crippen molar-refractivity contribution in [2.45, 2.75) is 26.3 Å². The standard InChI is InChI=1S/C20H27NO2/c1-2-22-15-16-23-20-13-7-6-12-19(20)17-21-14-8-11-18-9-4-3-5-10-18/h3-7,9-10,12-13,21H,2,8,11,14-17H2,1H3. The number of rotatable bonds is 11. The average Bonchev–Trinajstić information content (AvgIpc) is 2.60. The van der Waals surface area contributed by atoms with Crippen molar-refractivity contribution < 1.29 is 9.47 Å². The second kappa shape index (κ2) is 10.8. The molecule has 0 saturated carbocycles. The molecule has 0 atom stereocenters. The molecule has 0 radical (unpaired) electrons. The van der Waals surface area contributed by atoms with Crippen LogP contribution in [0.2, 0.25) is 0 Å². The molecule has 0 aliphatic rings. The van der Waals surface area contributed by atoms with Crippen molar-refractivity contribution in [3.8, 4) is 5.75 Å². The van der Waals surface area contributed by atoms with Gasteiger partial charge in [0.2, 0.25) is 0 Å². The van der Waals surface area contributed by atoms with E-state index in [1.165, 1.54) is 11.1 Å². The molecule has 0 fully saturated rings. The summed E-state index contributed by atoms with van der Waals surface area (Å²) in [5.74, 6) is 0.947. The molecule has 2 rings (SSSR count). The van der Waals surface area contributed by atoms with Gasteiger partial charge in [-0.05, 0) is 37.9 Å². The first-order chi connectivity index (χ1) is 11.4. The molecular formula is C20H27NO2. The van der Waals surface area contributed by atoms with Gasteiger partial charge >= 0.3 is 0 Å². The zero-order valence-electron chi connectivity index (χ0n) is 14.0. The van der Waals surface area contributed by atoms with E-state index in [2.05, 4.69) is 47.8 Å². The Morgan fingerprint density at radius 1 is 0.913 bits per heavy atom. The molecule has 3 heteroatoms. The Bertz CT molecular complexity index is 542. The third kappa shape index (κ3) is 6.85. The van der Waals surface area contributed by atoms with Crippen LogP contribution in [0.3, 0.4) is 0 Å². The van der Waals surface area contributed by atoms with Gasteiger partial charge in [-0.3, -0.25) is 0 Å². The molecule has 1 N–H and O–H groups in total. The predicted molar refractivity (Wildman–Crippen MR) is 94.9 cm³/mol. The van der Waals surface area contributed by atoms with Crippen LogP contribution in [0.1, 0.15) is 24.5 Å². The summed E-state index contributed by atoms with van der Waals surface area (Å²) in [6.45, 7) is 5.79. The molecule has 0 heterocycles. The van der Waals surface area contributed by atoms with E-state index in [4.69, 9.17) is 9.47 Å². The Hall–Kier alpha value is -1.84. The van der Waals surface area contributed by atoms with E-state index in [9.17, 15) is 0 Å². The number of nitrogens with one attached hydrogen (secondary N) is 1. The second-order valence-electron chi connectivity index (χ2n) is 5.42. The van der Waals surface area contributed by atoms with E-state index in [1.807, 2.05) is 19.1 Å². The second-order valence-corrected chi connectivity index (χ2v) is 5.42. The van der Waals surface area contributed by atoms with E-state index < -0.39 is 0 Å². The SMILES string of the molecule is CCOCCOc1ccccc1CNCCCc1ccccc1. The summed E-state index contributed by atoms with van der Waals surface area (Å²) in [6, 6.07) is 18.8. The molecule has 0 unspecified atom stereocenters. The summed E-state index contributed by atoms with van der Waals surface area (Å²) < 4.78 is 11.1. The highest BCUT2D eigenvalue weighted by Gasteiger charge is 2.02. The molecule has 2 aromatic rings. The van der Waals surface area contributed by atoms with E-state index in [1.54, 1.807) is 0 Å². The van der Waals surface area contributed by atoms with Crippen molar-refractivity contribution in [3.63, 3.8) is 0 Å². The Labute approximate surface area is 139 Å². The van der Waals surface area contributed by atoms with Gasteiger partial charge in [-0.25, -0.2) is 0 Å². The van der Waals surface area contributed by atoms with Crippen molar-refractivity contribution >= 4 is 0 Å². The fraction of sp³-hybridized carbons (Fsp3) is 0.400. The van der Waals surface area contributed by atoms with Gasteiger partial charge in [-0.2, -0.15) is 0 Å². The first-order valence-corrected chi connectivity index (χ1v) is 8.43. The summed E-state index contributed by atoms with van der Waals surface area (Å²) in [4.78, 5) is 0. The molecule has 0 aliphatic heterocycles. The largest absolute Gasteiger partial charge is 0.491 e. The maximum atomic E-state index is 5.80. The number of hydrogen-bond donors (Lipinski definition) is 1. The van der Waals surface area contributed by atoms with E-state index in [-0.39, 0.29) is 0 Å². The molecule has 3 nitrogen and oxygen atoms in total. The van der Waals surface area contributed by atoms with Crippen LogP contribution in [-0.4, -0.2) is 26.4 Å². The Balaban J connectivity index is 1.68. The zero-order valence-corrected chi connectivity index (χ0v) is 14.0. The summed E-state index contributed by atoms with van der Waals surface area (Å²) in [6.07, 6.45) is 2.25. The highest BCUT2D eigenvalue weighted by molar-refractivity contribution is 5.33. The lowest BCUT2D eigenvalue weighted by Crippen LogP contribution is -2.16. The predicted octanol–water partition coefficient (Wildman–Crippen LogP) is 3.82. The first-order valence-electron chi connectivity index (χ1n) is 8.43. The van der Waals surface area contributed by atoms with Crippen molar-refractivity contribution in [2.24, 2.45) is 0 Å². The van der Waals surface area contributed by atoms with E-state index in [0.717, 1.165) is 38.3 Å². The van der Waals surface area contributed by atoms with Gasteiger partial charge in [0, 0.05) is 18.7 Å². The number of hydrogen-bond acceptors (Lipinski definition) is 3. The summed E-state index contributed by atoms with van der Waals surface area (Å²) >= 11 is 0. The normalized spacial score (nSPS) is 10.7. The molecule has 0 spiro atoms. The van der Waals surface area contributed by atoms with Gasteiger partial charge < -0.3 is 14.8 Å². The van der Waals surface area contributed by atoms with Crippen molar-refractivity contribution in [1.82, 2.24) is 5.32 Å². The quantitative estimate of drug-likeness (QED) is 0.640. The van der Waals surface area contributed by atoms with Gasteiger partial charge in [-0.15, -0.1) is 0 Å². The van der Waals surface area contributed by atoms with Crippen LogP contribution in [0.4, 0.5) is 0 Å². The molecule has 0 aliphatic carbocycles. The van der Waals surface area contributed by atoms with Gasteiger partial charge in [0.1, 0.15) is 12.4 Å². The Morgan fingerprint density at radius 2 is 1.70 bits per heavy atom. The summed E-state index contributed by atoms with van der Waals surface area (Å²) in [5, 5.41) is 3.50. The topological polar surface area (TPSA) is 30.5 Å². The number of benzene rings is 2. The average molecular weight is 313 g/mol. The van der Waals surface area contributed by atoms with Gasteiger partial charge in [0.15, 0.2) is 0 Å². The van der Waals surface area contributed by atoms with Crippen LogP contribution in [0.25, 0.3) is 0 Å². The van der Waals surface area contributed by atoms with Crippen molar-refractivity contribution in [3.05, 3.63) is 65.7 Å². The lowest BCUT2D eigenvalue weighted by atomic mass is 10.1. The van der Waals surface area contributed by atoms with Crippen LogP contribution in [0, 0.1) is 0 Å². The molecular weight excluding hydrogens is 286 g/mol. The van der Waals surface area contributed by atoms with Crippen LogP contribution in [-0.2, 0) is 17.7 Å². The lowest BCUT2D eigenvalue weighted by molar-refractivity contribution is 0.110. The molecule has 0 saturated heterocycles. The molecule has 23 heavy (non-hydrogen) atoms. The number of para-hydroxylation sites is 1. The molecule has 0 amide bonds. The third-order valence-corrected chi connectivity index (χ3v) is 3.64. The third-order valence-electron chi connectivity index (χ3n) is 3.64. The monoisotopic (exact) mass is 313 g/mol. The maximum Gasteiger partial charge on any atom is 0.123 e. The van der Waals surface area contributed by atoms with Crippen LogP contribution >= 0.6 is 0 Å². The minimum atomic E-state index is 0.596.